The molecule has 0 bridgehead atoms. The molecule has 1 atom stereocenters. The summed E-state index contributed by atoms with van der Waals surface area (Å²) in [7, 11) is 0. The van der Waals surface area contributed by atoms with Gasteiger partial charge in [-0.2, -0.15) is 13.2 Å². The van der Waals surface area contributed by atoms with Gasteiger partial charge in [0.25, 0.3) is 0 Å². The molecule has 33 heavy (non-hydrogen) atoms. The summed E-state index contributed by atoms with van der Waals surface area (Å²) in [5.41, 5.74) is 4.50. The average molecular weight is 457 g/mol. The maximum atomic E-state index is 13.4. The zero-order valence-corrected chi connectivity index (χ0v) is 17.3. The highest BCUT2D eigenvalue weighted by Crippen LogP contribution is 2.42. The Kier molecular flexibility index (Phi) is 5.71. The number of aryl methyl sites for hydroxylation is 1. The Morgan fingerprint density at radius 1 is 1.09 bits per heavy atom. The van der Waals surface area contributed by atoms with Gasteiger partial charge in [-0.05, 0) is 24.1 Å². The van der Waals surface area contributed by atoms with Crippen molar-refractivity contribution in [3.8, 4) is 5.75 Å². The fraction of sp³-hybridized carbons (Fsp3) is 0.167. The maximum Gasteiger partial charge on any atom is 0.416 e. The van der Waals surface area contributed by atoms with Crippen molar-refractivity contribution in [3.63, 3.8) is 0 Å². The summed E-state index contributed by atoms with van der Waals surface area (Å²) in [4.78, 5) is 25.8. The van der Waals surface area contributed by atoms with E-state index in [0.29, 0.717) is 5.56 Å². The van der Waals surface area contributed by atoms with Gasteiger partial charge < -0.3 is 19.6 Å². The first-order valence-electron chi connectivity index (χ1n) is 9.85. The van der Waals surface area contributed by atoms with Crippen molar-refractivity contribution in [1.29, 1.82) is 0 Å². The largest absolute Gasteiger partial charge is 0.457 e. The average Bonchev–Trinajstić information content (AvgIpc) is 2.76. The highest BCUT2D eigenvalue weighted by atomic mass is 19.4. The maximum absolute atomic E-state index is 13.4. The van der Waals surface area contributed by atoms with Crippen LogP contribution in [0.2, 0.25) is 0 Å². The van der Waals surface area contributed by atoms with E-state index in [1.54, 1.807) is 30.3 Å². The summed E-state index contributed by atoms with van der Waals surface area (Å²) in [6.07, 6.45) is -4.63. The lowest BCUT2D eigenvalue weighted by Gasteiger charge is -2.27. The molecule has 0 aliphatic carbocycles. The standard InChI is InChI=1S/C24H18F3NO5/c1-13-10-17-19(23(30)32-13)18(15-8-5-9-16(11-15)24(25,26)27)20(21(28)33-17)22(29)31-12-14-6-3-2-4-7-14/h2-11,18H,12,28H2,1H3/t18-/m1/s1. The quantitative estimate of drug-likeness (QED) is 0.584. The second kappa shape index (κ2) is 8.50. The number of ether oxygens (including phenoxy) is 2. The predicted molar refractivity (Wildman–Crippen MR) is 111 cm³/mol. The Morgan fingerprint density at radius 3 is 2.52 bits per heavy atom. The summed E-state index contributed by atoms with van der Waals surface area (Å²) < 4.78 is 56.1. The molecule has 0 saturated carbocycles. The van der Waals surface area contributed by atoms with Gasteiger partial charge >= 0.3 is 17.8 Å². The topological polar surface area (TPSA) is 91.8 Å². The molecule has 170 valence electrons. The van der Waals surface area contributed by atoms with Gasteiger partial charge in [-0.25, -0.2) is 9.59 Å². The number of halogens is 3. The van der Waals surface area contributed by atoms with E-state index in [0.717, 1.165) is 12.1 Å². The smallest absolute Gasteiger partial charge is 0.416 e. The fourth-order valence-corrected chi connectivity index (χ4v) is 3.65. The van der Waals surface area contributed by atoms with Gasteiger partial charge in [0.1, 0.15) is 23.7 Å². The van der Waals surface area contributed by atoms with Crippen LogP contribution >= 0.6 is 0 Å². The van der Waals surface area contributed by atoms with E-state index in [4.69, 9.17) is 19.6 Å². The van der Waals surface area contributed by atoms with E-state index in [2.05, 4.69) is 0 Å². The molecule has 6 nitrogen and oxygen atoms in total. The molecule has 0 unspecified atom stereocenters. The van der Waals surface area contributed by atoms with Crippen molar-refractivity contribution in [1.82, 2.24) is 0 Å². The SMILES string of the molecule is Cc1cc2c(c(=O)o1)[C@@H](c1cccc(C(F)(F)F)c1)C(C(=O)OCc1ccccc1)=C(N)O2. The van der Waals surface area contributed by atoms with Crippen LogP contribution in [0.1, 0.15) is 33.9 Å². The number of carbonyl (C=O) groups is 1. The highest BCUT2D eigenvalue weighted by molar-refractivity contribution is 5.92. The van der Waals surface area contributed by atoms with Crippen molar-refractivity contribution < 1.29 is 31.9 Å². The number of alkyl halides is 3. The van der Waals surface area contributed by atoms with Crippen LogP contribution in [-0.4, -0.2) is 5.97 Å². The van der Waals surface area contributed by atoms with Crippen molar-refractivity contribution in [2.45, 2.75) is 25.6 Å². The Bertz CT molecular complexity index is 1300. The van der Waals surface area contributed by atoms with Gasteiger partial charge in [-0.1, -0.05) is 48.5 Å². The van der Waals surface area contributed by atoms with E-state index < -0.39 is 29.3 Å². The van der Waals surface area contributed by atoms with Crippen LogP contribution < -0.4 is 16.1 Å². The molecule has 1 aliphatic rings. The number of fused-ring (bicyclic) bond motifs is 1. The number of carbonyl (C=O) groups excluding carboxylic acids is 1. The molecule has 3 aromatic rings. The Labute approximate surface area is 186 Å². The van der Waals surface area contributed by atoms with E-state index >= 15 is 0 Å². The number of rotatable bonds is 4. The van der Waals surface area contributed by atoms with Gasteiger partial charge in [0.05, 0.1) is 17.0 Å². The van der Waals surface area contributed by atoms with E-state index in [9.17, 15) is 22.8 Å². The summed E-state index contributed by atoms with van der Waals surface area (Å²) in [5, 5.41) is 0. The van der Waals surface area contributed by atoms with Gasteiger partial charge in [0, 0.05) is 6.07 Å². The summed E-state index contributed by atoms with van der Waals surface area (Å²) >= 11 is 0. The highest BCUT2D eigenvalue weighted by Gasteiger charge is 2.40. The zero-order valence-electron chi connectivity index (χ0n) is 17.3. The zero-order chi connectivity index (χ0) is 23.8. The molecular weight excluding hydrogens is 439 g/mol. The molecule has 0 amide bonds. The van der Waals surface area contributed by atoms with Gasteiger partial charge in [-0.15, -0.1) is 0 Å². The molecule has 1 aromatic heterocycles. The van der Waals surface area contributed by atoms with E-state index in [1.165, 1.54) is 25.1 Å². The number of esters is 1. The first-order chi connectivity index (χ1) is 15.6. The second-order valence-electron chi connectivity index (χ2n) is 7.42. The molecule has 2 aromatic carbocycles. The molecule has 2 heterocycles. The van der Waals surface area contributed by atoms with Crippen molar-refractivity contribution in [2.24, 2.45) is 5.73 Å². The fourth-order valence-electron chi connectivity index (χ4n) is 3.65. The molecule has 0 radical (unpaired) electrons. The monoisotopic (exact) mass is 457 g/mol. The number of hydrogen-bond donors (Lipinski definition) is 1. The van der Waals surface area contributed by atoms with Crippen LogP contribution in [0.25, 0.3) is 0 Å². The molecular formula is C24H18F3NO5. The van der Waals surface area contributed by atoms with Crippen molar-refractivity contribution in [3.05, 3.63) is 111 Å². The summed E-state index contributed by atoms with van der Waals surface area (Å²) in [6, 6.07) is 14.5. The lowest BCUT2D eigenvalue weighted by Crippen LogP contribution is -2.31. The van der Waals surface area contributed by atoms with Crippen LogP contribution in [-0.2, 0) is 22.3 Å². The van der Waals surface area contributed by atoms with Crippen molar-refractivity contribution >= 4 is 5.97 Å². The minimum Gasteiger partial charge on any atom is -0.457 e. The Balaban J connectivity index is 1.82. The van der Waals surface area contributed by atoms with Crippen LogP contribution in [0.5, 0.6) is 5.75 Å². The minimum absolute atomic E-state index is 0.00303. The van der Waals surface area contributed by atoms with E-state index in [-0.39, 0.29) is 40.7 Å². The molecule has 4 rings (SSSR count). The number of benzene rings is 2. The molecule has 0 saturated heterocycles. The summed E-state index contributed by atoms with van der Waals surface area (Å²) in [5.74, 6) is -2.36. The Hall–Kier alpha value is -4.01. The first-order valence-corrected chi connectivity index (χ1v) is 9.85. The van der Waals surface area contributed by atoms with E-state index in [1.807, 2.05) is 0 Å². The van der Waals surface area contributed by atoms with Crippen LogP contribution in [0, 0.1) is 6.92 Å². The molecule has 1 aliphatic heterocycles. The van der Waals surface area contributed by atoms with Gasteiger partial charge in [0.15, 0.2) is 0 Å². The lowest BCUT2D eigenvalue weighted by atomic mass is 9.83. The van der Waals surface area contributed by atoms with Gasteiger partial charge in [0.2, 0.25) is 5.88 Å². The van der Waals surface area contributed by atoms with Crippen LogP contribution in [0.3, 0.4) is 0 Å². The summed E-state index contributed by atoms with van der Waals surface area (Å²) in [6.45, 7) is 1.40. The Morgan fingerprint density at radius 2 is 1.82 bits per heavy atom. The van der Waals surface area contributed by atoms with Gasteiger partial charge in [-0.3, -0.25) is 0 Å². The normalized spacial score (nSPS) is 15.6. The minimum atomic E-state index is -4.63. The number of hydrogen-bond acceptors (Lipinski definition) is 6. The predicted octanol–water partition coefficient (Wildman–Crippen LogP) is 4.41. The molecule has 0 fully saturated rings. The first kappa shape index (κ1) is 22.2. The number of nitrogens with two attached hydrogens (primary N) is 1. The third kappa shape index (κ3) is 4.48. The molecule has 2 N–H and O–H groups in total. The second-order valence-corrected chi connectivity index (χ2v) is 7.42. The molecule has 9 heteroatoms. The lowest BCUT2D eigenvalue weighted by molar-refractivity contribution is -0.140. The van der Waals surface area contributed by atoms with Crippen LogP contribution in [0.4, 0.5) is 13.2 Å². The van der Waals surface area contributed by atoms with Crippen LogP contribution in [0.15, 0.2) is 81.3 Å². The molecule has 0 spiro atoms. The third-order valence-electron chi connectivity index (χ3n) is 5.12. The van der Waals surface area contributed by atoms with Crippen molar-refractivity contribution in [2.75, 3.05) is 0 Å². The third-order valence-corrected chi connectivity index (χ3v) is 5.12.